The number of carboxylic acid groups (broad SMARTS) is 1. The molecule has 0 amide bonds. The van der Waals surface area contributed by atoms with Crippen molar-refractivity contribution in [2.75, 3.05) is 0 Å². The molecule has 0 atom stereocenters. The van der Waals surface area contributed by atoms with Gasteiger partial charge in [-0.1, -0.05) is 12.1 Å². The van der Waals surface area contributed by atoms with Crippen molar-refractivity contribution in [2.45, 2.75) is 6.18 Å². The standard InChI is InChI=1S/C9H5F3O3.ClH/c10-9(11,12)7(13)5-1-3-6(4-2-5)8(14)15;/h1-4H,(H,14,15);1H/p-1. The van der Waals surface area contributed by atoms with Crippen molar-refractivity contribution in [3.63, 3.8) is 0 Å². The van der Waals surface area contributed by atoms with Gasteiger partial charge in [-0.05, 0) is 12.1 Å². The summed E-state index contributed by atoms with van der Waals surface area (Å²) in [6, 6.07) is 3.56. The summed E-state index contributed by atoms with van der Waals surface area (Å²) in [7, 11) is 0. The minimum Gasteiger partial charge on any atom is -1.00 e. The van der Waals surface area contributed by atoms with E-state index in [1.807, 2.05) is 0 Å². The third-order valence-corrected chi connectivity index (χ3v) is 1.65. The minimum atomic E-state index is -4.94. The first-order chi connectivity index (χ1) is 6.82. The number of alkyl halides is 3. The largest absolute Gasteiger partial charge is 1.00 e. The second-order valence-electron chi connectivity index (χ2n) is 2.71. The zero-order valence-corrected chi connectivity index (χ0v) is 8.34. The molecule has 1 aromatic rings. The predicted octanol–water partition coefficient (Wildman–Crippen LogP) is -0.866. The van der Waals surface area contributed by atoms with Crippen molar-refractivity contribution in [3.05, 3.63) is 35.4 Å². The highest BCUT2D eigenvalue weighted by Crippen LogP contribution is 2.21. The molecular formula is C9H5ClF3O3-. The molecule has 0 saturated carbocycles. The van der Waals surface area contributed by atoms with E-state index >= 15 is 0 Å². The minimum absolute atomic E-state index is 0. The Labute approximate surface area is 94.3 Å². The zero-order valence-electron chi connectivity index (χ0n) is 7.58. The first-order valence-electron chi connectivity index (χ1n) is 3.77. The number of carbonyl (C=O) groups excluding carboxylic acids is 1. The SMILES string of the molecule is O=C(O)c1ccc(C(=O)C(F)(F)F)cc1.[Cl-]. The first-order valence-corrected chi connectivity index (χ1v) is 3.77. The quantitative estimate of drug-likeness (QED) is 0.698. The summed E-state index contributed by atoms with van der Waals surface area (Å²) in [6.45, 7) is 0. The number of ketones is 1. The highest BCUT2D eigenvalue weighted by molar-refractivity contribution is 6.01. The summed E-state index contributed by atoms with van der Waals surface area (Å²) in [5.74, 6) is -3.25. The lowest BCUT2D eigenvalue weighted by Crippen LogP contribution is -3.00. The lowest BCUT2D eigenvalue weighted by Gasteiger charge is -2.04. The van der Waals surface area contributed by atoms with Gasteiger partial charge in [0.05, 0.1) is 5.56 Å². The zero-order chi connectivity index (χ0) is 11.6. The van der Waals surface area contributed by atoms with Gasteiger partial charge in [0.2, 0.25) is 0 Å². The third-order valence-electron chi connectivity index (χ3n) is 1.65. The van der Waals surface area contributed by atoms with Crippen molar-refractivity contribution >= 4 is 11.8 Å². The van der Waals surface area contributed by atoms with Crippen LogP contribution < -0.4 is 12.4 Å². The molecule has 3 nitrogen and oxygen atoms in total. The molecule has 0 bridgehead atoms. The van der Waals surface area contributed by atoms with Gasteiger partial charge in [-0.15, -0.1) is 0 Å². The lowest BCUT2D eigenvalue weighted by molar-refractivity contribution is -0.0885. The molecule has 0 unspecified atom stereocenters. The fourth-order valence-electron chi connectivity index (χ4n) is 0.928. The summed E-state index contributed by atoms with van der Waals surface area (Å²) in [4.78, 5) is 21.0. The van der Waals surface area contributed by atoms with Crippen molar-refractivity contribution < 1.29 is 40.3 Å². The topological polar surface area (TPSA) is 54.4 Å². The summed E-state index contributed by atoms with van der Waals surface area (Å²) >= 11 is 0. The van der Waals surface area contributed by atoms with Gasteiger partial charge in [0, 0.05) is 5.56 Å². The van der Waals surface area contributed by atoms with Crippen LogP contribution in [0.5, 0.6) is 0 Å². The Morgan fingerprint density at radius 1 is 1.00 bits per heavy atom. The van der Waals surface area contributed by atoms with Gasteiger partial charge in [-0.3, -0.25) is 4.79 Å². The van der Waals surface area contributed by atoms with Crippen LogP contribution in [0.2, 0.25) is 0 Å². The van der Waals surface area contributed by atoms with Crippen LogP contribution in [0.4, 0.5) is 13.2 Å². The Morgan fingerprint density at radius 3 is 1.69 bits per heavy atom. The monoisotopic (exact) mass is 253 g/mol. The average molecular weight is 254 g/mol. The van der Waals surface area contributed by atoms with Crippen LogP contribution in [0.1, 0.15) is 20.7 Å². The van der Waals surface area contributed by atoms with Crippen LogP contribution in [-0.4, -0.2) is 23.0 Å². The molecule has 0 fully saturated rings. The third kappa shape index (κ3) is 3.23. The Balaban J connectivity index is 0.00000225. The maximum Gasteiger partial charge on any atom is 0.454 e. The van der Waals surface area contributed by atoms with Crippen molar-refractivity contribution in [1.29, 1.82) is 0 Å². The van der Waals surface area contributed by atoms with Gasteiger partial charge in [0.1, 0.15) is 0 Å². The Hall–Kier alpha value is -1.56. The van der Waals surface area contributed by atoms with Gasteiger partial charge < -0.3 is 17.5 Å². The molecule has 1 rings (SSSR count). The molecule has 0 aromatic heterocycles. The number of Topliss-reactive ketones (excluding diaryl/α,β-unsaturated/α-hetero) is 1. The number of hydrogen-bond donors (Lipinski definition) is 1. The molecule has 0 aliphatic heterocycles. The molecule has 88 valence electrons. The first kappa shape index (κ1) is 14.4. The van der Waals surface area contributed by atoms with Crippen LogP contribution in [0, 0.1) is 0 Å². The number of hydrogen-bond acceptors (Lipinski definition) is 2. The number of rotatable bonds is 2. The molecule has 1 N–H and O–H groups in total. The van der Waals surface area contributed by atoms with E-state index in [2.05, 4.69) is 0 Å². The summed E-state index contributed by atoms with van der Waals surface area (Å²) in [5, 5.41) is 8.47. The second-order valence-corrected chi connectivity index (χ2v) is 2.71. The molecule has 0 radical (unpaired) electrons. The van der Waals surface area contributed by atoms with Crippen LogP contribution in [0.3, 0.4) is 0 Å². The normalized spacial score (nSPS) is 10.4. The van der Waals surface area contributed by atoms with E-state index in [1.54, 1.807) is 0 Å². The number of carbonyl (C=O) groups is 2. The molecule has 16 heavy (non-hydrogen) atoms. The number of carboxylic acids is 1. The van der Waals surface area contributed by atoms with Gasteiger partial charge in [0.15, 0.2) is 0 Å². The van der Waals surface area contributed by atoms with Crippen LogP contribution in [0.25, 0.3) is 0 Å². The fraction of sp³-hybridized carbons (Fsp3) is 0.111. The summed E-state index contributed by atoms with van der Waals surface area (Å²) < 4.78 is 35.8. The Morgan fingerprint density at radius 2 is 1.38 bits per heavy atom. The molecular weight excluding hydrogens is 249 g/mol. The summed E-state index contributed by atoms with van der Waals surface area (Å²) in [6.07, 6.45) is -4.94. The molecule has 0 heterocycles. The molecule has 0 aliphatic rings. The van der Waals surface area contributed by atoms with E-state index in [-0.39, 0.29) is 18.0 Å². The smallest absolute Gasteiger partial charge is 0.454 e. The van der Waals surface area contributed by atoms with Gasteiger partial charge in [-0.25, -0.2) is 4.79 Å². The van der Waals surface area contributed by atoms with Crippen molar-refractivity contribution in [1.82, 2.24) is 0 Å². The molecule has 0 spiro atoms. The molecule has 1 aromatic carbocycles. The van der Waals surface area contributed by atoms with Crippen LogP contribution in [-0.2, 0) is 0 Å². The van der Waals surface area contributed by atoms with E-state index in [9.17, 15) is 22.8 Å². The van der Waals surface area contributed by atoms with Crippen LogP contribution in [0.15, 0.2) is 24.3 Å². The van der Waals surface area contributed by atoms with E-state index < -0.39 is 23.5 Å². The van der Waals surface area contributed by atoms with E-state index in [0.717, 1.165) is 24.3 Å². The number of benzene rings is 1. The molecule has 7 heteroatoms. The second kappa shape index (κ2) is 4.98. The van der Waals surface area contributed by atoms with Gasteiger partial charge in [0.25, 0.3) is 5.78 Å². The maximum absolute atomic E-state index is 11.9. The van der Waals surface area contributed by atoms with Crippen molar-refractivity contribution in [2.24, 2.45) is 0 Å². The Kier molecular flexibility index (Phi) is 4.49. The summed E-state index contributed by atoms with van der Waals surface area (Å²) in [5.41, 5.74) is -0.749. The van der Waals surface area contributed by atoms with E-state index in [1.165, 1.54) is 0 Å². The average Bonchev–Trinajstić information content (AvgIpc) is 2.15. The maximum atomic E-state index is 11.9. The van der Waals surface area contributed by atoms with Gasteiger partial charge in [-0.2, -0.15) is 13.2 Å². The number of halogens is 4. The van der Waals surface area contributed by atoms with E-state index in [4.69, 9.17) is 5.11 Å². The Bertz CT molecular complexity index is 397. The van der Waals surface area contributed by atoms with E-state index in [0.29, 0.717) is 0 Å². The highest BCUT2D eigenvalue weighted by Gasteiger charge is 2.39. The molecule has 0 saturated heterocycles. The molecule has 0 aliphatic carbocycles. The van der Waals surface area contributed by atoms with Crippen molar-refractivity contribution in [3.8, 4) is 0 Å². The predicted molar refractivity (Wildman–Crippen MR) is 43.8 cm³/mol. The van der Waals surface area contributed by atoms with Crippen LogP contribution >= 0.6 is 0 Å². The lowest BCUT2D eigenvalue weighted by atomic mass is 10.1. The number of aromatic carboxylic acids is 1. The fourth-order valence-corrected chi connectivity index (χ4v) is 0.928. The van der Waals surface area contributed by atoms with Gasteiger partial charge >= 0.3 is 12.1 Å². The highest BCUT2D eigenvalue weighted by atomic mass is 35.5.